The first-order valence-electron chi connectivity index (χ1n) is 7.48. The molecule has 0 aromatic heterocycles. The van der Waals surface area contributed by atoms with Gasteiger partial charge in [0.1, 0.15) is 11.3 Å². The van der Waals surface area contributed by atoms with E-state index in [1.165, 1.54) is 6.07 Å². The van der Waals surface area contributed by atoms with E-state index in [0.29, 0.717) is 12.1 Å². The van der Waals surface area contributed by atoms with E-state index in [-0.39, 0.29) is 23.8 Å². The van der Waals surface area contributed by atoms with Crippen LogP contribution in [-0.2, 0) is 9.53 Å². The van der Waals surface area contributed by atoms with Crippen LogP contribution in [0, 0.1) is 6.92 Å². The van der Waals surface area contributed by atoms with E-state index in [0.717, 1.165) is 10.6 Å². The number of phenols is 1. The summed E-state index contributed by atoms with van der Waals surface area (Å²) >= 11 is 1.63. The van der Waals surface area contributed by atoms with Crippen LogP contribution in [-0.4, -0.2) is 35.9 Å². The number of thioether (sulfide) groups is 1. The molecular weight excluding hydrogens is 326 g/mol. The first kappa shape index (κ1) is 17.9. The minimum absolute atomic E-state index is 0.0578. The molecular formula is C18H19NO4S. The molecule has 0 unspecified atom stereocenters. The van der Waals surface area contributed by atoms with Crippen molar-refractivity contribution in [2.24, 2.45) is 0 Å². The topological polar surface area (TPSA) is 75.6 Å². The Morgan fingerprint density at radius 2 is 1.88 bits per heavy atom. The second-order valence-corrected chi connectivity index (χ2v) is 6.23. The maximum absolute atomic E-state index is 11.9. The molecule has 24 heavy (non-hydrogen) atoms. The van der Waals surface area contributed by atoms with Gasteiger partial charge in [0.15, 0.2) is 6.61 Å². The van der Waals surface area contributed by atoms with E-state index < -0.39 is 5.97 Å². The van der Waals surface area contributed by atoms with Gasteiger partial charge in [0, 0.05) is 17.2 Å². The Morgan fingerprint density at radius 3 is 2.62 bits per heavy atom. The second kappa shape index (κ2) is 8.98. The molecule has 0 aliphatic rings. The van der Waals surface area contributed by atoms with Crippen LogP contribution < -0.4 is 5.32 Å². The Hall–Kier alpha value is -2.47. The maximum Gasteiger partial charge on any atom is 0.342 e. The van der Waals surface area contributed by atoms with Gasteiger partial charge < -0.3 is 15.2 Å². The summed E-state index contributed by atoms with van der Waals surface area (Å²) in [7, 11) is 0. The number of benzene rings is 2. The van der Waals surface area contributed by atoms with Crippen LogP contribution in [0.15, 0.2) is 53.4 Å². The van der Waals surface area contributed by atoms with Gasteiger partial charge in [-0.2, -0.15) is 0 Å². The van der Waals surface area contributed by atoms with Gasteiger partial charge in [-0.25, -0.2) is 4.79 Å². The number of amides is 1. The van der Waals surface area contributed by atoms with Crippen molar-refractivity contribution in [3.63, 3.8) is 0 Å². The molecule has 0 saturated carbocycles. The van der Waals surface area contributed by atoms with Crippen molar-refractivity contribution in [1.82, 2.24) is 5.32 Å². The van der Waals surface area contributed by atoms with Crippen LogP contribution in [0.2, 0.25) is 0 Å². The fourth-order valence-corrected chi connectivity index (χ4v) is 2.75. The molecule has 0 spiro atoms. The largest absolute Gasteiger partial charge is 0.507 e. The first-order chi connectivity index (χ1) is 11.6. The van der Waals surface area contributed by atoms with Gasteiger partial charge in [-0.15, -0.1) is 11.8 Å². The maximum atomic E-state index is 11.9. The average molecular weight is 345 g/mol. The zero-order valence-corrected chi connectivity index (χ0v) is 14.1. The number of para-hydroxylation sites is 1. The number of phenolic OH excluding ortho intramolecular Hbond substituents is 1. The summed E-state index contributed by atoms with van der Waals surface area (Å²) in [6, 6.07) is 14.7. The molecule has 2 aromatic carbocycles. The molecule has 6 heteroatoms. The Balaban J connectivity index is 1.69. The Morgan fingerprint density at radius 1 is 1.12 bits per heavy atom. The van der Waals surface area contributed by atoms with Gasteiger partial charge >= 0.3 is 5.97 Å². The number of carbonyl (C=O) groups is 2. The van der Waals surface area contributed by atoms with Crippen LogP contribution in [0.4, 0.5) is 0 Å². The number of aryl methyl sites for hydroxylation is 1. The normalized spacial score (nSPS) is 10.2. The number of esters is 1. The van der Waals surface area contributed by atoms with Crippen molar-refractivity contribution in [2.75, 3.05) is 18.9 Å². The van der Waals surface area contributed by atoms with Crippen molar-refractivity contribution in [3.8, 4) is 5.75 Å². The lowest BCUT2D eigenvalue weighted by molar-refractivity contribution is -0.124. The van der Waals surface area contributed by atoms with Crippen LogP contribution in [0.5, 0.6) is 5.75 Å². The lowest BCUT2D eigenvalue weighted by atomic mass is 10.1. The molecule has 5 nitrogen and oxygen atoms in total. The number of rotatable bonds is 7. The van der Waals surface area contributed by atoms with Gasteiger partial charge in [-0.1, -0.05) is 30.3 Å². The summed E-state index contributed by atoms with van der Waals surface area (Å²) in [5, 5.41) is 12.5. The third-order valence-electron chi connectivity index (χ3n) is 3.23. The summed E-state index contributed by atoms with van der Waals surface area (Å²) in [5.41, 5.74) is 0.634. The molecule has 0 aliphatic heterocycles. The molecule has 0 fully saturated rings. The summed E-state index contributed by atoms with van der Waals surface area (Å²) < 4.78 is 4.92. The fraction of sp³-hybridized carbons (Fsp3) is 0.222. The minimum atomic E-state index is -0.718. The zero-order chi connectivity index (χ0) is 17.4. The second-order valence-electron chi connectivity index (χ2n) is 5.06. The van der Waals surface area contributed by atoms with Crippen molar-refractivity contribution in [3.05, 3.63) is 59.7 Å². The van der Waals surface area contributed by atoms with Crippen molar-refractivity contribution < 1.29 is 19.4 Å². The summed E-state index contributed by atoms with van der Waals surface area (Å²) in [5.74, 6) is -0.487. The molecule has 0 aliphatic carbocycles. The zero-order valence-electron chi connectivity index (χ0n) is 13.3. The highest BCUT2D eigenvalue weighted by Gasteiger charge is 2.15. The lowest BCUT2D eigenvalue weighted by Gasteiger charge is -2.08. The first-order valence-corrected chi connectivity index (χ1v) is 8.46. The molecule has 2 rings (SSSR count). The predicted octanol–water partition coefficient (Wildman–Crippen LogP) is 2.77. The molecule has 2 N–H and O–H groups in total. The molecule has 2 aromatic rings. The molecule has 0 atom stereocenters. The number of ether oxygens (including phenoxy) is 1. The van der Waals surface area contributed by atoms with E-state index in [2.05, 4.69) is 5.32 Å². The molecule has 126 valence electrons. The number of aromatic hydroxyl groups is 1. The van der Waals surface area contributed by atoms with Crippen LogP contribution in [0.3, 0.4) is 0 Å². The molecule has 1 amide bonds. The van der Waals surface area contributed by atoms with Gasteiger partial charge in [0.2, 0.25) is 0 Å². The lowest BCUT2D eigenvalue weighted by Crippen LogP contribution is -2.30. The third kappa shape index (κ3) is 5.31. The third-order valence-corrected chi connectivity index (χ3v) is 4.24. The van der Waals surface area contributed by atoms with Crippen LogP contribution in [0.25, 0.3) is 0 Å². The minimum Gasteiger partial charge on any atom is -0.507 e. The van der Waals surface area contributed by atoms with E-state index in [1.807, 2.05) is 30.3 Å². The van der Waals surface area contributed by atoms with E-state index in [4.69, 9.17) is 4.74 Å². The Labute approximate surface area is 145 Å². The quantitative estimate of drug-likeness (QED) is 0.458. The molecule has 0 heterocycles. The fourth-order valence-electron chi connectivity index (χ4n) is 1.96. The van der Waals surface area contributed by atoms with Crippen molar-refractivity contribution >= 4 is 23.6 Å². The van der Waals surface area contributed by atoms with Crippen molar-refractivity contribution in [2.45, 2.75) is 11.8 Å². The van der Waals surface area contributed by atoms with E-state index >= 15 is 0 Å². The summed E-state index contributed by atoms with van der Waals surface area (Å²) in [6.07, 6.45) is 0. The summed E-state index contributed by atoms with van der Waals surface area (Å²) in [4.78, 5) is 24.7. The smallest absolute Gasteiger partial charge is 0.342 e. The highest BCUT2D eigenvalue weighted by molar-refractivity contribution is 7.99. The van der Waals surface area contributed by atoms with Crippen molar-refractivity contribution in [1.29, 1.82) is 0 Å². The predicted molar refractivity (Wildman–Crippen MR) is 93.3 cm³/mol. The van der Waals surface area contributed by atoms with E-state index in [9.17, 15) is 14.7 Å². The van der Waals surface area contributed by atoms with Gasteiger partial charge in [0.05, 0.1) is 0 Å². The SMILES string of the molecule is Cc1cccc(C(=O)OCC(=O)NCCSc2ccccc2)c1O. The van der Waals surface area contributed by atoms with Gasteiger partial charge in [-0.05, 0) is 30.7 Å². The molecule has 0 radical (unpaired) electrons. The number of carbonyl (C=O) groups excluding carboxylic acids is 2. The monoisotopic (exact) mass is 345 g/mol. The number of hydrogen-bond donors (Lipinski definition) is 2. The standard InChI is InChI=1S/C18H19NO4S/c1-13-6-5-9-15(17(13)21)18(22)23-12-16(20)19-10-11-24-14-7-3-2-4-8-14/h2-9,21H,10-12H2,1H3,(H,19,20). The van der Waals surface area contributed by atoms with Gasteiger partial charge in [-0.3, -0.25) is 4.79 Å². The highest BCUT2D eigenvalue weighted by atomic mass is 32.2. The molecule has 0 saturated heterocycles. The number of nitrogens with one attached hydrogen (secondary N) is 1. The summed E-state index contributed by atoms with van der Waals surface area (Å²) in [6.45, 7) is 1.79. The van der Waals surface area contributed by atoms with Gasteiger partial charge in [0.25, 0.3) is 5.91 Å². The average Bonchev–Trinajstić information content (AvgIpc) is 2.60. The van der Waals surface area contributed by atoms with Crippen LogP contribution >= 0.6 is 11.8 Å². The highest BCUT2D eigenvalue weighted by Crippen LogP contribution is 2.22. The Bertz CT molecular complexity index is 703. The number of hydrogen-bond acceptors (Lipinski definition) is 5. The van der Waals surface area contributed by atoms with Crippen LogP contribution in [0.1, 0.15) is 15.9 Å². The Kier molecular flexibility index (Phi) is 6.69. The molecule has 0 bridgehead atoms. The van der Waals surface area contributed by atoms with E-state index in [1.54, 1.807) is 30.8 Å².